The standard InChI is InChI=1S/C13H22N2O3S/c1-4-18-13-6-5-12(9-10(13)2)19(16,17)15-8-7-11(3)14/h5-6,9,11,15H,4,7-8,14H2,1-3H3. The first-order valence-corrected chi connectivity index (χ1v) is 7.84. The summed E-state index contributed by atoms with van der Waals surface area (Å²) in [5.41, 5.74) is 6.39. The third kappa shape index (κ3) is 4.81. The van der Waals surface area contributed by atoms with Crippen LogP contribution in [0, 0.1) is 6.92 Å². The fourth-order valence-corrected chi connectivity index (χ4v) is 2.74. The van der Waals surface area contributed by atoms with Crippen LogP contribution in [0.4, 0.5) is 0 Å². The summed E-state index contributed by atoms with van der Waals surface area (Å²) in [6, 6.07) is 4.81. The van der Waals surface area contributed by atoms with Gasteiger partial charge in [-0.3, -0.25) is 0 Å². The Hall–Kier alpha value is -1.11. The lowest BCUT2D eigenvalue weighted by molar-refractivity contribution is 0.337. The molecule has 1 aromatic carbocycles. The van der Waals surface area contributed by atoms with Crippen LogP contribution in [0.15, 0.2) is 23.1 Å². The molecule has 0 amide bonds. The van der Waals surface area contributed by atoms with Crippen LogP contribution in [0.5, 0.6) is 5.75 Å². The predicted octanol–water partition coefficient (Wildman–Crippen LogP) is 1.41. The molecule has 0 saturated heterocycles. The van der Waals surface area contributed by atoms with Gasteiger partial charge in [-0.1, -0.05) is 0 Å². The van der Waals surface area contributed by atoms with Crippen molar-refractivity contribution < 1.29 is 13.2 Å². The molecule has 0 radical (unpaired) electrons. The number of nitrogens with two attached hydrogens (primary N) is 1. The number of sulfonamides is 1. The molecule has 108 valence electrons. The molecule has 0 aliphatic rings. The van der Waals surface area contributed by atoms with Crippen molar-refractivity contribution >= 4 is 10.0 Å². The van der Waals surface area contributed by atoms with E-state index in [-0.39, 0.29) is 10.9 Å². The van der Waals surface area contributed by atoms with Crippen LogP contribution < -0.4 is 15.2 Å². The van der Waals surface area contributed by atoms with Crippen molar-refractivity contribution in [3.63, 3.8) is 0 Å². The lowest BCUT2D eigenvalue weighted by Gasteiger charge is -2.11. The second-order valence-corrected chi connectivity index (χ2v) is 6.29. The molecule has 0 saturated carbocycles. The molecule has 19 heavy (non-hydrogen) atoms. The van der Waals surface area contributed by atoms with Crippen molar-refractivity contribution in [2.75, 3.05) is 13.2 Å². The monoisotopic (exact) mass is 286 g/mol. The molecule has 5 nitrogen and oxygen atoms in total. The van der Waals surface area contributed by atoms with E-state index in [0.29, 0.717) is 25.3 Å². The Labute approximate surface area is 115 Å². The number of aryl methyl sites for hydroxylation is 1. The van der Waals surface area contributed by atoms with E-state index >= 15 is 0 Å². The Morgan fingerprint density at radius 2 is 2.11 bits per heavy atom. The van der Waals surface area contributed by atoms with Crippen molar-refractivity contribution in [2.24, 2.45) is 5.73 Å². The number of nitrogens with one attached hydrogen (secondary N) is 1. The second kappa shape index (κ2) is 6.88. The molecule has 1 rings (SSSR count). The van der Waals surface area contributed by atoms with Gasteiger partial charge in [0.25, 0.3) is 0 Å². The van der Waals surface area contributed by atoms with Crippen molar-refractivity contribution in [1.82, 2.24) is 4.72 Å². The van der Waals surface area contributed by atoms with E-state index in [1.54, 1.807) is 18.2 Å². The fourth-order valence-electron chi connectivity index (χ4n) is 1.61. The zero-order valence-corrected chi connectivity index (χ0v) is 12.5. The summed E-state index contributed by atoms with van der Waals surface area (Å²) in [4.78, 5) is 0.248. The summed E-state index contributed by atoms with van der Waals surface area (Å²) in [7, 11) is -3.47. The van der Waals surface area contributed by atoms with Gasteiger partial charge in [-0.15, -0.1) is 0 Å². The Morgan fingerprint density at radius 1 is 1.42 bits per heavy atom. The Bertz CT molecular complexity index is 513. The lowest BCUT2D eigenvalue weighted by atomic mass is 10.2. The van der Waals surface area contributed by atoms with Crippen molar-refractivity contribution in [3.8, 4) is 5.75 Å². The Morgan fingerprint density at radius 3 is 2.63 bits per heavy atom. The first-order valence-electron chi connectivity index (χ1n) is 6.35. The molecule has 0 aliphatic carbocycles. The molecule has 0 heterocycles. The van der Waals surface area contributed by atoms with Gasteiger partial charge in [0.05, 0.1) is 11.5 Å². The molecule has 1 atom stereocenters. The largest absolute Gasteiger partial charge is 0.494 e. The van der Waals surface area contributed by atoms with Gasteiger partial charge in [-0.2, -0.15) is 0 Å². The fraction of sp³-hybridized carbons (Fsp3) is 0.538. The van der Waals surface area contributed by atoms with E-state index in [4.69, 9.17) is 10.5 Å². The molecule has 0 aliphatic heterocycles. The molecule has 1 aromatic rings. The quantitative estimate of drug-likeness (QED) is 0.794. The topological polar surface area (TPSA) is 81.4 Å². The van der Waals surface area contributed by atoms with E-state index in [9.17, 15) is 8.42 Å². The third-order valence-corrected chi connectivity index (χ3v) is 4.11. The van der Waals surface area contributed by atoms with Crippen LogP contribution in [-0.4, -0.2) is 27.6 Å². The van der Waals surface area contributed by atoms with Gasteiger partial charge in [-0.25, -0.2) is 13.1 Å². The lowest BCUT2D eigenvalue weighted by Crippen LogP contribution is -2.29. The van der Waals surface area contributed by atoms with Crippen LogP contribution >= 0.6 is 0 Å². The number of hydrogen-bond acceptors (Lipinski definition) is 4. The predicted molar refractivity (Wildman–Crippen MR) is 75.8 cm³/mol. The summed E-state index contributed by atoms with van der Waals surface area (Å²) < 4.78 is 32.0. The van der Waals surface area contributed by atoms with E-state index in [1.165, 1.54) is 0 Å². The average Bonchev–Trinajstić information content (AvgIpc) is 2.31. The molecule has 0 bridgehead atoms. The number of ether oxygens (including phenoxy) is 1. The highest BCUT2D eigenvalue weighted by Crippen LogP contribution is 2.21. The van der Waals surface area contributed by atoms with Crippen molar-refractivity contribution in [1.29, 1.82) is 0 Å². The highest BCUT2D eigenvalue weighted by molar-refractivity contribution is 7.89. The molecule has 0 spiro atoms. The summed E-state index contributed by atoms with van der Waals surface area (Å²) in [5.74, 6) is 0.706. The van der Waals surface area contributed by atoms with Crippen molar-refractivity contribution in [2.45, 2.75) is 38.1 Å². The van der Waals surface area contributed by atoms with Gasteiger partial charge in [0.15, 0.2) is 0 Å². The maximum Gasteiger partial charge on any atom is 0.240 e. The average molecular weight is 286 g/mol. The molecular weight excluding hydrogens is 264 g/mol. The zero-order valence-electron chi connectivity index (χ0n) is 11.6. The number of hydrogen-bond donors (Lipinski definition) is 2. The van der Waals surface area contributed by atoms with E-state index in [2.05, 4.69) is 4.72 Å². The van der Waals surface area contributed by atoms with E-state index < -0.39 is 10.0 Å². The Balaban J connectivity index is 2.81. The Kier molecular flexibility index (Phi) is 5.78. The zero-order chi connectivity index (χ0) is 14.5. The molecule has 6 heteroatoms. The van der Waals surface area contributed by atoms with Crippen LogP contribution in [0.2, 0.25) is 0 Å². The van der Waals surface area contributed by atoms with Gasteiger partial charge in [0.1, 0.15) is 5.75 Å². The maximum atomic E-state index is 12.0. The number of rotatable bonds is 7. The normalized spacial score (nSPS) is 13.3. The van der Waals surface area contributed by atoms with Crippen LogP contribution in [0.1, 0.15) is 25.8 Å². The molecule has 0 fully saturated rings. The first kappa shape index (κ1) is 15.9. The molecule has 1 unspecified atom stereocenters. The van der Waals surface area contributed by atoms with Gasteiger partial charge in [0.2, 0.25) is 10.0 Å². The van der Waals surface area contributed by atoms with Crippen LogP contribution in [0.25, 0.3) is 0 Å². The smallest absolute Gasteiger partial charge is 0.240 e. The van der Waals surface area contributed by atoms with E-state index in [1.807, 2.05) is 20.8 Å². The van der Waals surface area contributed by atoms with Gasteiger partial charge < -0.3 is 10.5 Å². The highest BCUT2D eigenvalue weighted by Gasteiger charge is 2.15. The summed E-state index contributed by atoms with van der Waals surface area (Å²) in [5, 5.41) is 0. The minimum Gasteiger partial charge on any atom is -0.494 e. The van der Waals surface area contributed by atoms with Gasteiger partial charge >= 0.3 is 0 Å². The molecular formula is C13H22N2O3S. The minimum absolute atomic E-state index is 0.0234. The summed E-state index contributed by atoms with van der Waals surface area (Å²) in [6.45, 7) is 6.45. The minimum atomic E-state index is -3.47. The second-order valence-electron chi connectivity index (χ2n) is 4.52. The summed E-state index contributed by atoms with van der Waals surface area (Å²) in [6.07, 6.45) is 0.606. The SMILES string of the molecule is CCOc1ccc(S(=O)(=O)NCCC(C)N)cc1C. The highest BCUT2D eigenvalue weighted by atomic mass is 32.2. The number of benzene rings is 1. The van der Waals surface area contributed by atoms with Gasteiger partial charge in [-0.05, 0) is 51.0 Å². The van der Waals surface area contributed by atoms with Gasteiger partial charge in [0, 0.05) is 12.6 Å². The van der Waals surface area contributed by atoms with Crippen LogP contribution in [0.3, 0.4) is 0 Å². The van der Waals surface area contributed by atoms with E-state index in [0.717, 1.165) is 5.56 Å². The molecule has 3 N–H and O–H groups in total. The first-order chi connectivity index (χ1) is 8.86. The van der Waals surface area contributed by atoms with Crippen LogP contribution in [-0.2, 0) is 10.0 Å². The maximum absolute atomic E-state index is 12.0. The van der Waals surface area contributed by atoms with Crippen molar-refractivity contribution in [3.05, 3.63) is 23.8 Å². The molecule has 0 aromatic heterocycles. The third-order valence-electron chi connectivity index (χ3n) is 2.65. The summed E-state index contributed by atoms with van der Waals surface area (Å²) >= 11 is 0.